The van der Waals surface area contributed by atoms with Crippen molar-refractivity contribution < 1.29 is 0 Å². The quantitative estimate of drug-likeness (QED) is 0.492. The second kappa shape index (κ2) is 7.11. The molecule has 0 spiro atoms. The van der Waals surface area contributed by atoms with Crippen LogP contribution in [0.15, 0.2) is 65.5 Å². The summed E-state index contributed by atoms with van der Waals surface area (Å²) >= 11 is 5.99. The fourth-order valence-corrected chi connectivity index (χ4v) is 2.50. The molecule has 0 unspecified atom stereocenters. The van der Waals surface area contributed by atoms with E-state index in [-0.39, 0.29) is 11.8 Å². The summed E-state index contributed by atoms with van der Waals surface area (Å²) in [4.78, 5) is 17.4. The van der Waals surface area contributed by atoms with Gasteiger partial charge in [0.25, 0.3) is 5.56 Å². The van der Waals surface area contributed by atoms with E-state index in [0.717, 1.165) is 16.5 Å². The number of halogens is 1. The molecule has 3 rings (SSSR count). The van der Waals surface area contributed by atoms with Gasteiger partial charge in [-0.1, -0.05) is 29.8 Å². The zero-order valence-electron chi connectivity index (χ0n) is 13.0. The van der Waals surface area contributed by atoms with Gasteiger partial charge in [-0.3, -0.25) is 10.2 Å². The van der Waals surface area contributed by atoms with E-state index in [1.807, 2.05) is 30.3 Å². The van der Waals surface area contributed by atoms with Gasteiger partial charge >= 0.3 is 0 Å². The topological polar surface area (TPSA) is 94.6 Å². The lowest BCUT2D eigenvalue weighted by atomic mass is 10.2. The molecule has 7 heteroatoms. The summed E-state index contributed by atoms with van der Waals surface area (Å²) in [5, 5.41) is 19.0. The zero-order valence-corrected chi connectivity index (χ0v) is 13.8. The zero-order chi connectivity index (χ0) is 17.8. The van der Waals surface area contributed by atoms with Gasteiger partial charge in [0, 0.05) is 16.9 Å². The highest BCUT2D eigenvalue weighted by molar-refractivity contribution is 6.31. The van der Waals surface area contributed by atoms with Gasteiger partial charge in [-0.15, -0.1) is 0 Å². The van der Waals surface area contributed by atoms with Crippen molar-refractivity contribution in [3.63, 3.8) is 0 Å². The summed E-state index contributed by atoms with van der Waals surface area (Å²) in [5.41, 5.74) is 0.804. The molecule has 0 aliphatic carbocycles. The number of benzene rings is 2. The first kappa shape index (κ1) is 16.6. The fraction of sp³-hybridized carbons (Fsp3) is 0. The second-order valence-corrected chi connectivity index (χ2v) is 5.58. The molecule has 25 heavy (non-hydrogen) atoms. The Morgan fingerprint density at radius 3 is 2.68 bits per heavy atom. The highest BCUT2D eigenvalue weighted by Gasteiger charge is 2.14. The number of aromatic nitrogens is 2. The number of fused-ring (bicyclic) bond motifs is 1. The van der Waals surface area contributed by atoms with Crippen molar-refractivity contribution in [2.75, 3.05) is 5.32 Å². The Labute approximate surface area is 148 Å². The maximum atomic E-state index is 12.9. The molecular formula is C18H14ClN5O. The first-order chi connectivity index (χ1) is 12.1. The Bertz CT molecular complexity index is 1040. The van der Waals surface area contributed by atoms with Crippen LogP contribution in [-0.4, -0.2) is 21.6 Å². The van der Waals surface area contributed by atoms with E-state index in [2.05, 4.69) is 10.3 Å². The molecule has 2 aromatic carbocycles. The van der Waals surface area contributed by atoms with Crippen molar-refractivity contribution in [2.24, 2.45) is 0 Å². The molecule has 0 amide bonds. The Hall–Kier alpha value is -3.25. The highest BCUT2D eigenvalue weighted by Crippen LogP contribution is 2.19. The summed E-state index contributed by atoms with van der Waals surface area (Å²) in [6.45, 7) is 0. The van der Waals surface area contributed by atoms with Gasteiger partial charge < -0.3 is 10.7 Å². The molecule has 0 saturated heterocycles. The molecule has 0 bridgehead atoms. The first-order valence-corrected chi connectivity index (χ1v) is 7.78. The second-order valence-electron chi connectivity index (χ2n) is 5.14. The average Bonchev–Trinajstić information content (AvgIpc) is 2.61. The van der Waals surface area contributed by atoms with E-state index in [9.17, 15) is 4.79 Å². The summed E-state index contributed by atoms with van der Waals surface area (Å²) < 4.78 is 1.14. The molecular weight excluding hydrogens is 338 g/mol. The van der Waals surface area contributed by atoms with Gasteiger partial charge in [0.1, 0.15) is 5.84 Å². The lowest BCUT2D eigenvalue weighted by Gasteiger charge is -2.14. The van der Waals surface area contributed by atoms with Gasteiger partial charge in [0.05, 0.1) is 10.9 Å². The van der Waals surface area contributed by atoms with Crippen LogP contribution in [0.3, 0.4) is 0 Å². The minimum atomic E-state index is -0.412. The predicted octanol–water partition coefficient (Wildman–Crippen LogP) is 3.82. The Balaban J connectivity index is 2.23. The van der Waals surface area contributed by atoms with E-state index in [4.69, 9.17) is 22.4 Å². The van der Waals surface area contributed by atoms with Crippen molar-refractivity contribution in [1.82, 2.24) is 9.55 Å². The van der Waals surface area contributed by atoms with Gasteiger partial charge in [0.15, 0.2) is 0 Å². The molecule has 1 aromatic heterocycles. The van der Waals surface area contributed by atoms with Crippen LogP contribution in [0.25, 0.3) is 10.9 Å². The number of allylic oxidation sites excluding steroid dienone is 2. The molecule has 0 radical (unpaired) electrons. The third kappa shape index (κ3) is 3.49. The third-order valence-electron chi connectivity index (χ3n) is 3.45. The van der Waals surface area contributed by atoms with Crippen LogP contribution < -0.4 is 10.9 Å². The molecule has 6 nitrogen and oxygen atoms in total. The van der Waals surface area contributed by atoms with Crippen molar-refractivity contribution in [1.29, 1.82) is 10.8 Å². The largest absolute Gasteiger partial charge is 0.325 e. The van der Waals surface area contributed by atoms with Crippen LogP contribution in [0, 0.1) is 10.8 Å². The Morgan fingerprint density at radius 1 is 1.20 bits per heavy atom. The Kier molecular flexibility index (Phi) is 4.72. The normalized spacial score (nSPS) is 10.9. The maximum absolute atomic E-state index is 12.9. The number of anilines is 2. The van der Waals surface area contributed by atoms with E-state index in [1.54, 1.807) is 12.1 Å². The van der Waals surface area contributed by atoms with Crippen LogP contribution >= 0.6 is 11.6 Å². The fourth-order valence-electron chi connectivity index (χ4n) is 2.33. The van der Waals surface area contributed by atoms with Crippen molar-refractivity contribution in [2.45, 2.75) is 0 Å². The summed E-state index contributed by atoms with van der Waals surface area (Å²) in [6, 6.07) is 14.1. The van der Waals surface area contributed by atoms with E-state index in [0.29, 0.717) is 15.9 Å². The molecule has 0 atom stereocenters. The van der Waals surface area contributed by atoms with Crippen LogP contribution in [0.4, 0.5) is 11.6 Å². The van der Waals surface area contributed by atoms with Crippen LogP contribution in [-0.2, 0) is 0 Å². The molecule has 0 aliphatic heterocycles. The lowest BCUT2D eigenvalue weighted by Crippen LogP contribution is -2.29. The van der Waals surface area contributed by atoms with Gasteiger partial charge in [-0.05, 0) is 42.5 Å². The number of nitrogens with one attached hydrogen (secondary N) is 3. The lowest BCUT2D eigenvalue weighted by molar-refractivity contribution is 1.02. The number of hydrogen-bond acceptors (Lipinski definition) is 5. The smallest absolute Gasteiger partial charge is 0.268 e. The SMILES string of the molecule is N=C/C=C\C(=N)n1c(Nc2ccccc2)nc2ccc(Cl)cc2c1=O. The Morgan fingerprint density at radius 2 is 1.96 bits per heavy atom. The first-order valence-electron chi connectivity index (χ1n) is 7.40. The van der Waals surface area contributed by atoms with Crippen LogP contribution in [0.5, 0.6) is 0 Å². The standard InChI is InChI=1S/C18H14ClN5O/c19-12-8-9-15-14(11-12)17(25)24(16(21)7-4-10-20)18(23-15)22-13-5-2-1-3-6-13/h1-11,20-21H,(H,22,23)/b7-4-,20-10?,21-16?. The minimum Gasteiger partial charge on any atom is -0.325 e. The molecule has 0 fully saturated rings. The van der Waals surface area contributed by atoms with Crippen molar-refractivity contribution >= 4 is 46.2 Å². The predicted molar refractivity (Wildman–Crippen MR) is 102 cm³/mol. The number of para-hydroxylation sites is 1. The van der Waals surface area contributed by atoms with E-state index in [1.165, 1.54) is 18.2 Å². The molecule has 3 aromatic rings. The summed E-state index contributed by atoms with van der Waals surface area (Å²) in [7, 11) is 0. The average molecular weight is 352 g/mol. The summed E-state index contributed by atoms with van der Waals surface area (Å²) in [6.07, 6.45) is 3.75. The van der Waals surface area contributed by atoms with Gasteiger partial charge in [0.2, 0.25) is 5.95 Å². The van der Waals surface area contributed by atoms with Crippen molar-refractivity contribution in [3.05, 3.63) is 76.1 Å². The molecule has 0 saturated carbocycles. The molecule has 1 heterocycles. The number of rotatable bonds is 4. The number of hydrogen-bond donors (Lipinski definition) is 3. The van der Waals surface area contributed by atoms with Crippen molar-refractivity contribution in [3.8, 4) is 0 Å². The number of nitrogens with zero attached hydrogens (tertiary/aromatic N) is 2. The summed E-state index contributed by atoms with van der Waals surface area (Å²) in [5.74, 6) is 0.104. The van der Waals surface area contributed by atoms with Gasteiger partial charge in [-0.2, -0.15) is 0 Å². The van der Waals surface area contributed by atoms with E-state index >= 15 is 0 Å². The molecule has 124 valence electrons. The monoisotopic (exact) mass is 351 g/mol. The maximum Gasteiger partial charge on any atom is 0.268 e. The minimum absolute atomic E-state index is 0.110. The molecule has 0 aliphatic rings. The third-order valence-corrected chi connectivity index (χ3v) is 3.69. The van der Waals surface area contributed by atoms with Crippen LogP contribution in [0.2, 0.25) is 5.02 Å². The molecule has 3 N–H and O–H groups in total. The van der Waals surface area contributed by atoms with Crippen LogP contribution in [0.1, 0.15) is 0 Å². The van der Waals surface area contributed by atoms with Gasteiger partial charge in [-0.25, -0.2) is 9.55 Å². The highest BCUT2D eigenvalue weighted by atomic mass is 35.5. The van der Waals surface area contributed by atoms with E-state index < -0.39 is 5.56 Å².